The standard InChI is InChI=1S/C16H16BrN5O3/c1-4-10-9(3)18-16(20-14(10)23)22-13(7-8(2)21-22)19-15(24)11-5-6-12(17)25-11/h5-7H,4H2,1-3H3,(H,19,24)(H,18,20,23). The van der Waals surface area contributed by atoms with Crippen molar-refractivity contribution in [2.45, 2.75) is 27.2 Å². The fraction of sp³-hybridized carbons (Fsp3) is 0.250. The summed E-state index contributed by atoms with van der Waals surface area (Å²) >= 11 is 3.16. The zero-order chi connectivity index (χ0) is 18.1. The molecule has 25 heavy (non-hydrogen) atoms. The molecular weight excluding hydrogens is 390 g/mol. The topological polar surface area (TPSA) is 106 Å². The maximum atomic E-state index is 12.3. The number of nitrogens with zero attached hydrogens (tertiary/aromatic N) is 3. The molecule has 0 bridgehead atoms. The number of aryl methyl sites for hydroxylation is 2. The third-order valence-electron chi connectivity index (χ3n) is 3.63. The van der Waals surface area contributed by atoms with E-state index in [0.29, 0.717) is 33.9 Å². The predicted octanol–water partition coefficient (Wildman–Crippen LogP) is 2.74. The summed E-state index contributed by atoms with van der Waals surface area (Å²) in [6.07, 6.45) is 0.587. The van der Waals surface area contributed by atoms with Crippen molar-refractivity contribution in [3.05, 3.63) is 55.9 Å². The Labute approximate surface area is 151 Å². The Hall–Kier alpha value is -2.68. The zero-order valence-electron chi connectivity index (χ0n) is 13.9. The predicted molar refractivity (Wildman–Crippen MR) is 95.2 cm³/mol. The van der Waals surface area contributed by atoms with Gasteiger partial charge in [-0.2, -0.15) is 9.78 Å². The first-order valence-corrected chi connectivity index (χ1v) is 8.42. The van der Waals surface area contributed by atoms with Crippen LogP contribution >= 0.6 is 15.9 Å². The second kappa shape index (κ2) is 6.67. The van der Waals surface area contributed by atoms with E-state index in [1.165, 1.54) is 4.68 Å². The number of carbonyl (C=O) groups is 1. The van der Waals surface area contributed by atoms with Gasteiger partial charge in [0.2, 0.25) is 5.95 Å². The van der Waals surface area contributed by atoms with E-state index in [0.717, 1.165) is 0 Å². The molecular formula is C16H16BrN5O3. The highest BCUT2D eigenvalue weighted by atomic mass is 79.9. The average Bonchev–Trinajstić information content (AvgIpc) is 3.13. The number of carbonyl (C=O) groups excluding carboxylic acids is 1. The van der Waals surface area contributed by atoms with Gasteiger partial charge in [0.25, 0.3) is 11.5 Å². The molecule has 130 valence electrons. The van der Waals surface area contributed by atoms with Crippen molar-refractivity contribution in [2.24, 2.45) is 0 Å². The third-order valence-corrected chi connectivity index (χ3v) is 4.06. The molecule has 0 saturated carbocycles. The van der Waals surface area contributed by atoms with Gasteiger partial charge in [0.1, 0.15) is 5.82 Å². The molecule has 3 aromatic heterocycles. The molecule has 0 spiro atoms. The number of aromatic amines is 1. The molecule has 2 N–H and O–H groups in total. The molecule has 0 radical (unpaired) electrons. The lowest BCUT2D eigenvalue weighted by molar-refractivity contribution is 0.0994. The minimum Gasteiger partial charge on any atom is -0.444 e. The lowest BCUT2D eigenvalue weighted by atomic mass is 10.2. The van der Waals surface area contributed by atoms with Crippen LogP contribution in [0.5, 0.6) is 0 Å². The van der Waals surface area contributed by atoms with E-state index < -0.39 is 5.91 Å². The van der Waals surface area contributed by atoms with Gasteiger partial charge in [-0.15, -0.1) is 0 Å². The molecule has 0 aliphatic rings. The molecule has 3 aromatic rings. The Morgan fingerprint density at radius 2 is 2.16 bits per heavy atom. The van der Waals surface area contributed by atoms with Crippen LogP contribution in [0.2, 0.25) is 0 Å². The number of hydrogen-bond acceptors (Lipinski definition) is 5. The summed E-state index contributed by atoms with van der Waals surface area (Å²) < 4.78 is 7.09. The summed E-state index contributed by atoms with van der Waals surface area (Å²) in [5.41, 5.74) is 1.70. The van der Waals surface area contributed by atoms with Crippen LogP contribution in [0, 0.1) is 13.8 Å². The van der Waals surface area contributed by atoms with Crippen molar-refractivity contribution < 1.29 is 9.21 Å². The quantitative estimate of drug-likeness (QED) is 0.693. The number of rotatable bonds is 4. The second-order valence-corrected chi connectivity index (χ2v) is 6.23. The van der Waals surface area contributed by atoms with Gasteiger partial charge in [-0.05, 0) is 48.3 Å². The van der Waals surface area contributed by atoms with Crippen LogP contribution in [-0.4, -0.2) is 25.7 Å². The van der Waals surface area contributed by atoms with E-state index in [9.17, 15) is 9.59 Å². The normalized spacial score (nSPS) is 10.9. The highest BCUT2D eigenvalue weighted by molar-refractivity contribution is 9.10. The smallest absolute Gasteiger partial charge is 0.292 e. The molecule has 3 heterocycles. The highest BCUT2D eigenvalue weighted by Crippen LogP contribution is 2.18. The Morgan fingerprint density at radius 3 is 2.76 bits per heavy atom. The van der Waals surface area contributed by atoms with Crippen LogP contribution in [0.3, 0.4) is 0 Å². The average molecular weight is 406 g/mol. The van der Waals surface area contributed by atoms with Crippen molar-refractivity contribution >= 4 is 27.7 Å². The van der Waals surface area contributed by atoms with Gasteiger partial charge in [0.05, 0.1) is 5.69 Å². The molecule has 0 aliphatic carbocycles. The largest absolute Gasteiger partial charge is 0.444 e. The monoisotopic (exact) mass is 405 g/mol. The van der Waals surface area contributed by atoms with E-state index in [2.05, 4.69) is 36.3 Å². The van der Waals surface area contributed by atoms with E-state index in [1.807, 2.05) is 6.92 Å². The molecule has 0 aliphatic heterocycles. The number of hydrogen-bond donors (Lipinski definition) is 2. The van der Waals surface area contributed by atoms with Gasteiger partial charge in [-0.3, -0.25) is 14.6 Å². The number of anilines is 1. The van der Waals surface area contributed by atoms with Crippen molar-refractivity contribution in [3.8, 4) is 5.95 Å². The minimum atomic E-state index is -0.434. The molecule has 9 heteroatoms. The number of halogens is 1. The molecule has 3 rings (SSSR count). The van der Waals surface area contributed by atoms with Crippen molar-refractivity contribution in [1.29, 1.82) is 0 Å². The van der Waals surface area contributed by atoms with E-state index >= 15 is 0 Å². The van der Waals surface area contributed by atoms with Gasteiger partial charge in [0, 0.05) is 17.3 Å². The van der Waals surface area contributed by atoms with Crippen molar-refractivity contribution in [1.82, 2.24) is 19.7 Å². The van der Waals surface area contributed by atoms with Crippen molar-refractivity contribution in [3.63, 3.8) is 0 Å². The molecule has 1 amide bonds. The zero-order valence-corrected chi connectivity index (χ0v) is 15.5. The molecule has 0 fully saturated rings. The first-order valence-electron chi connectivity index (χ1n) is 7.62. The SMILES string of the molecule is CCc1c(C)nc(-n2nc(C)cc2NC(=O)c2ccc(Br)o2)[nH]c1=O. The highest BCUT2D eigenvalue weighted by Gasteiger charge is 2.17. The summed E-state index contributed by atoms with van der Waals surface area (Å²) in [4.78, 5) is 31.6. The number of H-pyrrole nitrogens is 1. The molecule has 0 saturated heterocycles. The number of furan rings is 1. The van der Waals surface area contributed by atoms with Crippen molar-refractivity contribution in [2.75, 3.05) is 5.32 Å². The number of nitrogens with one attached hydrogen (secondary N) is 2. The fourth-order valence-electron chi connectivity index (χ4n) is 2.48. The van der Waals surface area contributed by atoms with Gasteiger partial charge in [-0.1, -0.05) is 6.92 Å². The third kappa shape index (κ3) is 3.41. The Morgan fingerprint density at radius 1 is 1.40 bits per heavy atom. The maximum Gasteiger partial charge on any atom is 0.292 e. The molecule has 8 nitrogen and oxygen atoms in total. The molecule has 0 atom stereocenters. The van der Waals surface area contributed by atoms with Crippen LogP contribution in [0.15, 0.2) is 32.1 Å². The Bertz CT molecular complexity index is 1000. The lowest BCUT2D eigenvalue weighted by Gasteiger charge is -2.09. The maximum absolute atomic E-state index is 12.3. The van der Waals surface area contributed by atoms with Crippen LogP contribution in [0.25, 0.3) is 5.95 Å². The Kier molecular flexibility index (Phi) is 4.58. The van der Waals surface area contributed by atoms with E-state index in [-0.39, 0.29) is 17.3 Å². The number of aromatic nitrogens is 4. The van der Waals surface area contributed by atoms with Crippen LogP contribution in [-0.2, 0) is 6.42 Å². The van der Waals surface area contributed by atoms with Gasteiger partial charge < -0.3 is 9.73 Å². The molecule has 0 unspecified atom stereocenters. The van der Waals surface area contributed by atoms with Gasteiger partial charge in [0.15, 0.2) is 10.4 Å². The summed E-state index contributed by atoms with van der Waals surface area (Å²) in [5.74, 6) is 0.331. The van der Waals surface area contributed by atoms with Crippen LogP contribution in [0.4, 0.5) is 5.82 Å². The fourth-order valence-corrected chi connectivity index (χ4v) is 2.78. The van der Waals surface area contributed by atoms with E-state index in [1.54, 1.807) is 32.0 Å². The number of amides is 1. The first kappa shape index (κ1) is 17.2. The lowest BCUT2D eigenvalue weighted by Crippen LogP contribution is -2.21. The van der Waals surface area contributed by atoms with Crippen LogP contribution < -0.4 is 10.9 Å². The van der Waals surface area contributed by atoms with Gasteiger partial charge in [-0.25, -0.2) is 4.98 Å². The Balaban J connectivity index is 1.99. The summed E-state index contributed by atoms with van der Waals surface area (Å²) in [7, 11) is 0. The van der Waals surface area contributed by atoms with Crippen LogP contribution in [0.1, 0.15) is 34.4 Å². The molecule has 0 aromatic carbocycles. The minimum absolute atomic E-state index is 0.149. The second-order valence-electron chi connectivity index (χ2n) is 5.45. The first-order chi connectivity index (χ1) is 11.9. The van der Waals surface area contributed by atoms with E-state index in [4.69, 9.17) is 4.42 Å². The van der Waals surface area contributed by atoms with Gasteiger partial charge >= 0.3 is 0 Å². The summed E-state index contributed by atoms with van der Waals surface area (Å²) in [6.45, 7) is 5.44. The summed E-state index contributed by atoms with van der Waals surface area (Å²) in [6, 6.07) is 4.86. The summed E-state index contributed by atoms with van der Waals surface area (Å²) in [5, 5.41) is 7.01.